The fourth-order valence-corrected chi connectivity index (χ4v) is 6.03. The van der Waals surface area contributed by atoms with Crippen molar-refractivity contribution >= 4 is 46.7 Å². The largest absolute Gasteiger partial charge is 0.440 e. The molecule has 0 amide bonds. The van der Waals surface area contributed by atoms with Gasteiger partial charge in [-0.15, -0.1) is 0 Å². The van der Waals surface area contributed by atoms with Crippen molar-refractivity contribution in [2.75, 3.05) is 9.80 Å². The summed E-state index contributed by atoms with van der Waals surface area (Å²) in [5.41, 5.74) is 8.43. The second-order valence-corrected chi connectivity index (χ2v) is 11.9. The lowest BCUT2D eigenvalue weighted by atomic mass is 10.1. The van der Waals surface area contributed by atoms with Gasteiger partial charge in [0, 0.05) is 46.0 Å². The minimum atomic E-state index is 0.764. The van der Waals surface area contributed by atoms with Gasteiger partial charge in [-0.05, 0) is 71.8 Å². The molecule has 2 aromatic heterocycles. The molecule has 0 bridgehead atoms. The van der Waals surface area contributed by atoms with E-state index in [4.69, 9.17) is 8.83 Å². The maximum absolute atomic E-state index is 6.41. The molecule has 0 fully saturated rings. The van der Waals surface area contributed by atoms with Crippen molar-refractivity contribution in [1.29, 1.82) is 0 Å². The van der Waals surface area contributed by atoms with Crippen molar-refractivity contribution in [3.05, 3.63) is 205 Å². The quantitative estimate of drug-likeness (QED) is 0.138. The van der Waals surface area contributed by atoms with E-state index in [9.17, 15) is 0 Å². The highest BCUT2D eigenvalue weighted by Gasteiger charge is 2.18. The Morgan fingerprint density at radius 2 is 0.600 bits per heavy atom. The van der Waals surface area contributed by atoms with Crippen LogP contribution in [0.4, 0.5) is 34.5 Å². The lowest BCUT2D eigenvalue weighted by molar-refractivity contribution is 0.588. The van der Waals surface area contributed by atoms with Crippen LogP contribution in [0.2, 0.25) is 0 Å². The Balaban J connectivity index is 0.962. The topological polar surface area (TPSA) is 32.8 Å². The normalized spacial score (nSPS) is 11.1. The summed E-state index contributed by atoms with van der Waals surface area (Å²) in [4.78, 5) is 4.25. The summed E-state index contributed by atoms with van der Waals surface area (Å²) in [5, 5.41) is 0. The molecule has 0 aliphatic rings. The molecule has 2 heterocycles. The van der Waals surface area contributed by atoms with Gasteiger partial charge in [0.15, 0.2) is 0 Å². The number of anilines is 6. The summed E-state index contributed by atoms with van der Waals surface area (Å²) < 4.78 is 12.8. The van der Waals surface area contributed by atoms with Crippen LogP contribution >= 0.6 is 0 Å². The van der Waals surface area contributed by atoms with Gasteiger partial charge in [-0.3, -0.25) is 9.80 Å². The lowest BCUT2D eigenvalue weighted by Crippen LogP contribution is -2.08. The summed E-state index contributed by atoms with van der Waals surface area (Å²) >= 11 is 0. The first-order chi connectivity index (χ1) is 24.8. The van der Waals surface area contributed by atoms with Crippen molar-refractivity contribution in [3.63, 3.8) is 0 Å². The second-order valence-electron chi connectivity index (χ2n) is 11.9. The van der Waals surface area contributed by atoms with Crippen molar-refractivity contribution < 1.29 is 8.83 Å². The number of rotatable bonds is 10. The van der Waals surface area contributed by atoms with E-state index < -0.39 is 0 Å². The van der Waals surface area contributed by atoms with Crippen LogP contribution in [0.5, 0.6) is 0 Å². The second kappa shape index (κ2) is 14.1. The smallest absolute Gasteiger partial charge is 0.205 e. The Hall–Kier alpha value is -6.78. The van der Waals surface area contributed by atoms with Crippen LogP contribution in [0.1, 0.15) is 11.1 Å². The van der Waals surface area contributed by atoms with E-state index >= 15 is 0 Å². The monoisotopic (exact) mass is 646 g/mol. The third kappa shape index (κ3) is 6.64. The average molecular weight is 647 g/mol. The van der Waals surface area contributed by atoms with Crippen LogP contribution in [0.15, 0.2) is 203 Å². The SMILES string of the molecule is C(=C\c1ccc(-c2ccc(N(c3ccccc3)c3ccccc3)o2)cc1)/c1ccc(-c2ccc(N(c3ccccc3)c3ccccc3)o2)cc1. The zero-order chi connectivity index (χ0) is 33.5. The van der Waals surface area contributed by atoms with Crippen LogP contribution in [-0.2, 0) is 0 Å². The van der Waals surface area contributed by atoms with E-state index in [2.05, 4.69) is 119 Å². The molecule has 0 atom stereocenters. The summed E-state index contributed by atoms with van der Waals surface area (Å²) in [7, 11) is 0. The molecule has 4 heteroatoms. The van der Waals surface area contributed by atoms with Crippen molar-refractivity contribution in [2.24, 2.45) is 0 Å². The van der Waals surface area contributed by atoms with Crippen LogP contribution < -0.4 is 9.80 Å². The van der Waals surface area contributed by atoms with E-state index in [-0.39, 0.29) is 0 Å². The van der Waals surface area contributed by atoms with Crippen LogP contribution in [0.25, 0.3) is 34.8 Å². The molecule has 0 aliphatic heterocycles. The summed E-state index contributed by atoms with van der Waals surface area (Å²) in [6.07, 6.45) is 4.25. The van der Waals surface area contributed by atoms with Crippen LogP contribution in [0, 0.1) is 0 Å². The van der Waals surface area contributed by atoms with Gasteiger partial charge in [-0.2, -0.15) is 0 Å². The molecule has 4 nitrogen and oxygen atoms in total. The molecule has 0 spiro atoms. The Morgan fingerprint density at radius 3 is 0.900 bits per heavy atom. The zero-order valence-electron chi connectivity index (χ0n) is 27.3. The first-order valence-electron chi connectivity index (χ1n) is 16.7. The standard InChI is InChI=1S/C46H34N2O2/c1-5-13-39(14-6-1)47(40-15-7-2-8-16-40)45-33-31-43(49-45)37-27-23-35(24-28-37)21-22-36-25-29-38(30-26-36)44-32-34-46(50-44)48(41-17-9-3-10-18-41)42-19-11-4-12-20-42/h1-34H/b22-21+. The van der Waals surface area contributed by atoms with Gasteiger partial charge >= 0.3 is 0 Å². The van der Waals surface area contributed by atoms with E-state index in [1.54, 1.807) is 0 Å². The summed E-state index contributed by atoms with van der Waals surface area (Å²) in [6.45, 7) is 0. The predicted octanol–water partition coefficient (Wildman–Crippen LogP) is 13.3. The van der Waals surface area contributed by atoms with Crippen molar-refractivity contribution in [2.45, 2.75) is 0 Å². The molecule has 8 aromatic rings. The molecular formula is C46H34N2O2. The number of hydrogen-bond donors (Lipinski definition) is 0. The highest BCUT2D eigenvalue weighted by molar-refractivity contribution is 5.77. The van der Waals surface area contributed by atoms with Gasteiger partial charge in [0.05, 0.1) is 0 Å². The van der Waals surface area contributed by atoms with E-state index in [1.807, 2.05) is 97.1 Å². The minimum absolute atomic E-state index is 0.764. The maximum atomic E-state index is 6.41. The Morgan fingerprint density at radius 1 is 0.300 bits per heavy atom. The molecule has 0 N–H and O–H groups in total. The fraction of sp³-hybridized carbons (Fsp3) is 0. The third-order valence-electron chi connectivity index (χ3n) is 8.54. The predicted molar refractivity (Wildman–Crippen MR) is 207 cm³/mol. The first-order valence-corrected chi connectivity index (χ1v) is 16.7. The highest BCUT2D eigenvalue weighted by atomic mass is 16.4. The summed E-state index contributed by atoms with van der Waals surface area (Å²) in [5.74, 6) is 3.17. The number of para-hydroxylation sites is 4. The molecule has 0 radical (unpaired) electrons. The van der Waals surface area contributed by atoms with E-state index in [0.717, 1.165) is 68.3 Å². The minimum Gasteiger partial charge on any atom is -0.440 e. The van der Waals surface area contributed by atoms with Gasteiger partial charge < -0.3 is 8.83 Å². The average Bonchev–Trinajstić information content (AvgIpc) is 3.88. The van der Waals surface area contributed by atoms with Crippen LogP contribution in [0.3, 0.4) is 0 Å². The molecule has 6 aromatic carbocycles. The molecule has 0 saturated heterocycles. The van der Waals surface area contributed by atoms with Gasteiger partial charge in [0.1, 0.15) is 11.5 Å². The molecule has 0 unspecified atom stereocenters. The highest BCUT2D eigenvalue weighted by Crippen LogP contribution is 2.39. The summed E-state index contributed by atoms with van der Waals surface area (Å²) in [6, 6.07) is 66.1. The van der Waals surface area contributed by atoms with Gasteiger partial charge in [0.25, 0.3) is 0 Å². The molecular weight excluding hydrogens is 613 g/mol. The number of benzene rings is 6. The lowest BCUT2D eigenvalue weighted by Gasteiger charge is -2.22. The van der Waals surface area contributed by atoms with Crippen molar-refractivity contribution in [3.8, 4) is 22.6 Å². The van der Waals surface area contributed by atoms with Gasteiger partial charge in [0.2, 0.25) is 11.8 Å². The van der Waals surface area contributed by atoms with Gasteiger partial charge in [-0.1, -0.05) is 133 Å². The molecule has 240 valence electrons. The molecule has 8 rings (SSSR count). The molecule has 0 saturated carbocycles. The van der Waals surface area contributed by atoms with Crippen LogP contribution in [-0.4, -0.2) is 0 Å². The first kappa shape index (κ1) is 30.5. The Kier molecular flexibility index (Phi) is 8.64. The number of furan rings is 2. The fourth-order valence-electron chi connectivity index (χ4n) is 6.03. The number of nitrogens with zero attached hydrogens (tertiary/aromatic N) is 2. The molecule has 50 heavy (non-hydrogen) atoms. The Labute approximate surface area is 292 Å². The maximum Gasteiger partial charge on any atom is 0.205 e. The van der Waals surface area contributed by atoms with Gasteiger partial charge in [-0.25, -0.2) is 0 Å². The van der Waals surface area contributed by atoms with Crippen molar-refractivity contribution in [1.82, 2.24) is 0 Å². The number of hydrogen-bond acceptors (Lipinski definition) is 4. The van der Waals surface area contributed by atoms with E-state index in [0.29, 0.717) is 0 Å². The Bertz CT molecular complexity index is 2040. The van der Waals surface area contributed by atoms with E-state index in [1.165, 1.54) is 0 Å². The molecule has 0 aliphatic carbocycles. The zero-order valence-corrected chi connectivity index (χ0v) is 27.3. The third-order valence-corrected chi connectivity index (χ3v) is 8.54.